The quantitative estimate of drug-likeness (QED) is 0.294. The van der Waals surface area contributed by atoms with Gasteiger partial charge in [0.05, 0.1) is 11.3 Å². The third-order valence-electron chi connectivity index (χ3n) is 4.25. The SMILES string of the molecule is CC.CC.CCCCCCSc1ccc(NC(=O)c2ccccc2N(C)S(C)=O)cc1. The van der Waals surface area contributed by atoms with E-state index in [2.05, 4.69) is 12.2 Å². The number of carbonyl (C=O) groups is 1. The summed E-state index contributed by atoms with van der Waals surface area (Å²) < 4.78 is 13.4. The average Bonchev–Trinajstić information content (AvgIpc) is 2.82. The molecule has 0 aliphatic heterocycles. The molecule has 1 atom stereocenters. The molecule has 31 heavy (non-hydrogen) atoms. The lowest BCUT2D eigenvalue weighted by Crippen LogP contribution is -2.23. The van der Waals surface area contributed by atoms with E-state index in [1.54, 1.807) is 29.7 Å². The molecule has 0 saturated heterocycles. The van der Waals surface area contributed by atoms with Crippen LogP contribution in [0, 0.1) is 0 Å². The van der Waals surface area contributed by atoms with Crippen LogP contribution in [0.25, 0.3) is 0 Å². The lowest BCUT2D eigenvalue weighted by atomic mass is 10.1. The van der Waals surface area contributed by atoms with Gasteiger partial charge in [0.2, 0.25) is 0 Å². The van der Waals surface area contributed by atoms with Crippen molar-refractivity contribution in [2.24, 2.45) is 0 Å². The Bertz CT molecular complexity index is 764. The largest absolute Gasteiger partial charge is 0.322 e. The second-order valence-electron chi connectivity index (χ2n) is 6.33. The van der Waals surface area contributed by atoms with Crippen molar-refractivity contribution in [3.8, 4) is 0 Å². The molecule has 174 valence electrons. The van der Waals surface area contributed by atoms with Gasteiger partial charge in [-0.3, -0.25) is 9.10 Å². The number of unbranched alkanes of at least 4 members (excludes halogenated alkanes) is 3. The zero-order valence-electron chi connectivity index (χ0n) is 20.2. The fraction of sp³-hybridized carbons (Fsp3) is 0.480. The number of benzene rings is 2. The molecule has 1 N–H and O–H groups in total. The molecule has 2 aromatic carbocycles. The maximum atomic E-state index is 12.7. The number of rotatable bonds is 10. The third-order valence-corrected chi connectivity index (χ3v) is 6.32. The van der Waals surface area contributed by atoms with Crippen LogP contribution >= 0.6 is 11.8 Å². The predicted octanol–water partition coefficient (Wildman–Crippen LogP) is 7.39. The number of nitrogens with one attached hydrogen (secondary N) is 1. The predicted molar refractivity (Wildman–Crippen MR) is 141 cm³/mol. The van der Waals surface area contributed by atoms with Gasteiger partial charge in [-0.1, -0.05) is 66.0 Å². The Balaban J connectivity index is 0.00000212. The summed E-state index contributed by atoms with van der Waals surface area (Å²) in [5, 5.41) is 2.93. The molecule has 0 saturated carbocycles. The Hall–Kier alpha value is -1.79. The van der Waals surface area contributed by atoms with Gasteiger partial charge in [-0.05, 0) is 48.6 Å². The highest BCUT2D eigenvalue weighted by molar-refractivity contribution is 7.99. The van der Waals surface area contributed by atoms with E-state index in [0.29, 0.717) is 11.3 Å². The van der Waals surface area contributed by atoms with Gasteiger partial charge in [0.1, 0.15) is 11.0 Å². The minimum Gasteiger partial charge on any atom is -0.322 e. The zero-order chi connectivity index (χ0) is 23.6. The molecule has 0 fully saturated rings. The van der Waals surface area contributed by atoms with E-state index in [1.165, 1.54) is 30.6 Å². The van der Waals surface area contributed by atoms with Crippen molar-refractivity contribution in [1.82, 2.24) is 0 Å². The molecule has 6 heteroatoms. The molecule has 0 aliphatic carbocycles. The maximum absolute atomic E-state index is 12.7. The first-order valence-electron chi connectivity index (χ1n) is 11.2. The van der Waals surface area contributed by atoms with Crippen LogP contribution in [-0.2, 0) is 11.0 Å². The first-order valence-corrected chi connectivity index (χ1v) is 13.7. The molecule has 1 amide bonds. The minimum atomic E-state index is -1.19. The number of thioether (sulfide) groups is 1. The molecule has 0 spiro atoms. The maximum Gasteiger partial charge on any atom is 0.257 e. The van der Waals surface area contributed by atoms with Gasteiger partial charge in [-0.15, -0.1) is 11.8 Å². The lowest BCUT2D eigenvalue weighted by molar-refractivity contribution is 0.102. The molecule has 0 heterocycles. The summed E-state index contributed by atoms with van der Waals surface area (Å²) in [6, 6.07) is 15.1. The first-order chi connectivity index (χ1) is 15.0. The van der Waals surface area contributed by atoms with Crippen molar-refractivity contribution in [3.05, 3.63) is 54.1 Å². The summed E-state index contributed by atoms with van der Waals surface area (Å²) in [6.07, 6.45) is 6.67. The van der Waals surface area contributed by atoms with Crippen molar-refractivity contribution in [2.45, 2.75) is 65.2 Å². The van der Waals surface area contributed by atoms with E-state index in [4.69, 9.17) is 0 Å². The second-order valence-corrected chi connectivity index (χ2v) is 8.89. The highest BCUT2D eigenvalue weighted by Crippen LogP contribution is 2.24. The average molecular weight is 465 g/mol. The molecule has 0 radical (unpaired) electrons. The van der Waals surface area contributed by atoms with Crippen molar-refractivity contribution in [3.63, 3.8) is 0 Å². The number of amides is 1. The van der Waals surface area contributed by atoms with E-state index in [-0.39, 0.29) is 5.91 Å². The van der Waals surface area contributed by atoms with E-state index in [1.807, 2.05) is 75.9 Å². The fourth-order valence-corrected chi connectivity index (χ4v) is 3.98. The number of hydrogen-bond acceptors (Lipinski definition) is 3. The Morgan fingerprint density at radius 1 is 0.968 bits per heavy atom. The van der Waals surface area contributed by atoms with E-state index >= 15 is 0 Å². The Labute approximate surface area is 196 Å². The zero-order valence-corrected chi connectivity index (χ0v) is 21.9. The Morgan fingerprint density at radius 3 is 2.16 bits per heavy atom. The van der Waals surface area contributed by atoms with Crippen LogP contribution in [0.4, 0.5) is 11.4 Å². The molecule has 0 bridgehead atoms. The highest BCUT2D eigenvalue weighted by atomic mass is 32.2. The second kappa shape index (κ2) is 17.8. The molecule has 2 aromatic rings. The van der Waals surface area contributed by atoms with Gasteiger partial charge in [0.15, 0.2) is 0 Å². The molecular weight excluding hydrogens is 424 g/mol. The van der Waals surface area contributed by atoms with E-state index < -0.39 is 11.0 Å². The van der Waals surface area contributed by atoms with Gasteiger partial charge in [0.25, 0.3) is 5.91 Å². The smallest absolute Gasteiger partial charge is 0.257 e. The van der Waals surface area contributed by atoms with Crippen LogP contribution in [0.15, 0.2) is 53.4 Å². The summed E-state index contributed by atoms with van der Waals surface area (Å²) in [7, 11) is 0.524. The van der Waals surface area contributed by atoms with Crippen LogP contribution in [0.5, 0.6) is 0 Å². The number of hydrogen-bond donors (Lipinski definition) is 1. The van der Waals surface area contributed by atoms with Crippen LogP contribution in [0.3, 0.4) is 0 Å². The van der Waals surface area contributed by atoms with Crippen molar-refractivity contribution >= 4 is 40.0 Å². The molecule has 1 unspecified atom stereocenters. The highest BCUT2D eigenvalue weighted by Gasteiger charge is 2.15. The summed E-state index contributed by atoms with van der Waals surface area (Å²) in [6.45, 7) is 10.2. The normalized spacial score (nSPS) is 10.7. The summed E-state index contributed by atoms with van der Waals surface area (Å²) >= 11 is 1.85. The van der Waals surface area contributed by atoms with Gasteiger partial charge in [0, 0.05) is 23.9 Å². The fourth-order valence-electron chi connectivity index (χ4n) is 2.63. The van der Waals surface area contributed by atoms with Gasteiger partial charge >= 0.3 is 0 Å². The monoisotopic (exact) mass is 464 g/mol. The molecule has 0 aromatic heterocycles. The molecule has 0 aliphatic rings. The van der Waals surface area contributed by atoms with E-state index in [9.17, 15) is 9.00 Å². The topological polar surface area (TPSA) is 49.4 Å². The third kappa shape index (κ3) is 10.9. The Morgan fingerprint density at radius 2 is 1.58 bits per heavy atom. The number of carbonyl (C=O) groups excluding carboxylic acids is 1. The van der Waals surface area contributed by atoms with Gasteiger partial charge in [-0.2, -0.15) is 0 Å². The van der Waals surface area contributed by atoms with Crippen molar-refractivity contribution in [2.75, 3.05) is 28.7 Å². The van der Waals surface area contributed by atoms with Crippen molar-refractivity contribution in [1.29, 1.82) is 0 Å². The van der Waals surface area contributed by atoms with Gasteiger partial charge < -0.3 is 5.32 Å². The lowest BCUT2D eigenvalue weighted by Gasteiger charge is -2.19. The van der Waals surface area contributed by atoms with Crippen LogP contribution < -0.4 is 9.62 Å². The summed E-state index contributed by atoms with van der Waals surface area (Å²) in [4.78, 5) is 13.9. The number of para-hydroxylation sites is 1. The van der Waals surface area contributed by atoms with Crippen LogP contribution in [0.2, 0.25) is 0 Å². The van der Waals surface area contributed by atoms with Crippen LogP contribution in [-0.4, -0.2) is 29.2 Å². The molecule has 2 rings (SSSR count). The first kappa shape index (κ1) is 29.2. The number of anilines is 2. The van der Waals surface area contributed by atoms with Crippen LogP contribution in [0.1, 0.15) is 70.7 Å². The van der Waals surface area contributed by atoms with Gasteiger partial charge in [-0.25, -0.2) is 4.21 Å². The standard InChI is InChI=1S/C21H28N2O2S2.2C2H6/c1-4-5-6-9-16-26-18-14-12-17(13-15-18)22-21(24)19-10-7-8-11-20(19)23(2)27(3)25;2*1-2/h7-8,10-15H,4-6,9,16H2,1-3H3,(H,22,24);2*1-2H3. The Kier molecular flexibility index (Phi) is 16.8. The van der Waals surface area contributed by atoms with Crippen molar-refractivity contribution < 1.29 is 9.00 Å². The summed E-state index contributed by atoms with van der Waals surface area (Å²) in [5.74, 6) is 0.919. The molecule has 4 nitrogen and oxygen atoms in total. The molecular formula is C25H40N2O2S2. The van der Waals surface area contributed by atoms with E-state index in [0.717, 1.165) is 11.4 Å². The minimum absolute atomic E-state index is 0.206. The summed E-state index contributed by atoms with van der Waals surface area (Å²) in [5.41, 5.74) is 1.91. The number of nitrogens with zero attached hydrogens (tertiary/aromatic N) is 1.